The van der Waals surface area contributed by atoms with Crippen LogP contribution >= 0.6 is 0 Å². The topological polar surface area (TPSA) is 26.7 Å². The molecular formula is C8H19BN2O. The molecule has 0 spiro atoms. The third kappa shape index (κ3) is 2.22. The molecule has 0 bridgehead atoms. The lowest BCUT2D eigenvalue weighted by atomic mass is 9.83. The molecular weight excluding hydrogens is 151 g/mol. The van der Waals surface area contributed by atoms with Gasteiger partial charge in [0.1, 0.15) is 0 Å². The number of hydrogen-bond acceptors (Lipinski definition) is 3. The van der Waals surface area contributed by atoms with Crippen LogP contribution in [0.2, 0.25) is 6.82 Å². The quantitative estimate of drug-likeness (QED) is 0.596. The van der Waals surface area contributed by atoms with Crippen molar-refractivity contribution in [1.29, 1.82) is 0 Å². The van der Waals surface area contributed by atoms with Crippen molar-refractivity contribution in [3.8, 4) is 0 Å². The van der Waals surface area contributed by atoms with Crippen LogP contribution in [-0.4, -0.2) is 54.5 Å². The summed E-state index contributed by atoms with van der Waals surface area (Å²) in [5.74, 6) is 0. The molecule has 1 rings (SSSR count). The molecule has 1 fully saturated rings. The Morgan fingerprint density at radius 1 is 1.50 bits per heavy atom. The summed E-state index contributed by atoms with van der Waals surface area (Å²) in [7, 11) is 1.88. The Kier molecular flexibility index (Phi) is 3.56. The van der Waals surface area contributed by atoms with Crippen molar-refractivity contribution in [2.45, 2.75) is 26.2 Å². The molecule has 0 aliphatic carbocycles. The molecule has 1 aliphatic heterocycles. The van der Waals surface area contributed by atoms with E-state index in [4.69, 9.17) is 0 Å². The Balaban J connectivity index is 2.44. The van der Waals surface area contributed by atoms with Gasteiger partial charge < -0.3 is 14.7 Å². The highest BCUT2D eigenvalue weighted by molar-refractivity contribution is 6.45. The fraction of sp³-hybridized carbons (Fsp3) is 1.00. The molecule has 0 amide bonds. The Morgan fingerprint density at radius 2 is 2.17 bits per heavy atom. The summed E-state index contributed by atoms with van der Waals surface area (Å²) in [5, 5.41) is 9.38. The average molecular weight is 170 g/mol. The van der Waals surface area contributed by atoms with Gasteiger partial charge in [-0.05, 0) is 20.3 Å². The zero-order chi connectivity index (χ0) is 9.14. The summed E-state index contributed by atoms with van der Waals surface area (Å²) in [5.41, 5.74) is 0. The van der Waals surface area contributed by atoms with E-state index >= 15 is 0 Å². The standard InChI is InChI=1S/C8H19BN2O/c1-4-8-7-11(9(2)12)6-5-10(8)3/h8,12H,4-7H2,1-3H3. The van der Waals surface area contributed by atoms with E-state index in [0.717, 1.165) is 19.6 Å². The van der Waals surface area contributed by atoms with Crippen LogP contribution in [0.15, 0.2) is 0 Å². The van der Waals surface area contributed by atoms with Gasteiger partial charge in [0.2, 0.25) is 0 Å². The van der Waals surface area contributed by atoms with Crippen molar-refractivity contribution in [1.82, 2.24) is 9.71 Å². The summed E-state index contributed by atoms with van der Waals surface area (Å²) in [4.78, 5) is 4.51. The summed E-state index contributed by atoms with van der Waals surface area (Å²) in [6.07, 6.45) is 1.17. The second-order valence-corrected chi connectivity index (χ2v) is 3.67. The molecule has 0 aromatic rings. The highest BCUT2D eigenvalue weighted by Crippen LogP contribution is 2.10. The van der Waals surface area contributed by atoms with Crippen molar-refractivity contribution in [2.24, 2.45) is 0 Å². The molecule has 3 nitrogen and oxygen atoms in total. The second-order valence-electron chi connectivity index (χ2n) is 3.67. The first-order valence-electron chi connectivity index (χ1n) is 4.77. The van der Waals surface area contributed by atoms with Crippen LogP contribution in [-0.2, 0) is 0 Å². The minimum absolute atomic E-state index is 0.284. The normalized spacial score (nSPS) is 27.5. The number of likely N-dealkylation sites (N-methyl/N-ethyl adjacent to an activating group) is 1. The van der Waals surface area contributed by atoms with E-state index in [1.807, 2.05) is 6.82 Å². The lowest BCUT2D eigenvalue weighted by molar-refractivity contribution is 0.133. The molecule has 1 heterocycles. The van der Waals surface area contributed by atoms with Crippen LogP contribution in [0.25, 0.3) is 0 Å². The Labute approximate surface area is 75.5 Å². The van der Waals surface area contributed by atoms with E-state index in [1.54, 1.807) is 0 Å². The number of nitrogens with zero attached hydrogens (tertiary/aromatic N) is 2. The van der Waals surface area contributed by atoms with E-state index in [1.165, 1.54) is 6.42 Å². The van der Waals surface area contributed by atoms with Crippen molar-refractivity contribution in [3.05, 3.63) is 0 Å². The van der Waals surface area contributed by atoms with Gasteiger partial charge >= 0.3 is 7.05 Å². The van der Waals surface area contributed by atoms with Gasteiger partial charge in [0.25, 0.3) is 0 Å². The van der Waals surface area contributed by atoms with Crippen molar-refractivity contribution in [3.63, 3.8) is 0 Å². The molecule has 0 aromatic heterocycles. The zero-order valence-corrected chi connectivity index (χ0v) is 8.32. The monoisotopic (exact) mass is 170 g/mol. The first-order chi connectivity index (χ1) is 5.65. The first-order valence-corrected chi connectivity index (χ1v) is 4.77. The van der Waals surface area contributed by atoms with Crippen LogP contribution in [0.1, 0.15) is 13.3 Å². The number of piperazine rings is 1. The number of rotatable bonds is 2. The van der Waals surface area contributed by atoms with Crippen molar-refractivity contribution < 1.29 is 5.02 Å². The van der Waals surface area contributed by atoms with Gasteiger partial charge in [-0.1, -0.05) is 6.92 Å². The predicted octanol–water partition coefficient (Wildman–Crippen LogP) is 0.123. The van der Waals surface area contributed by atoms with Gasteiger partial charge in [0, 0.05) is 25.7 Å². The maximum atomic E-state index is 9.38. The van der Waals surface area contributed by atoms with Crippen LogP contribution in [0.3, 0.4) is 0 Å². The maximum Gasteiger partial charge on any atom is 0.376 e. The molecule has 0 aromatic carbocycles. The molecule has 70 valence electrons. The first kappa shape index (κ1) is 10.0. The van der Waals surface area contributed by atoms with E-state index in [0.29, 0.717) is 6.04 Å². The molecule has 4 heteroatoms. The van der Waals surface area contributed by atoms with Gasteiger partial charge in [-0.15, -0.1) is 0 Å². The van der Waals surface area contributed by atoms with Crippen LogP contribution in [0, 0.1) is 0 Å². The highest BCUT2D eigenvalue weighted by atomic mass is 16.2. The molecule has 0 saturated carbocycles. The van der Waals surface area contributed by atoms with Crippen LogP contribution in [0.5, 0.6) is 0 Å². The van der Waals surface area contributed by atoms with Gasteiger partial charge in [-0.25, -0.2) is 0 Å². The minimum Gasteiger partial charge on any atom is -0.437 e. The third-order valence-corrected chi connectivity index (χ3v) is 2.81. The molecule has 1 unspecified atom stereocenters. The van der Waals surface area contributed by atoms with Crippen molar-refractivity contribution >= 4 is 7.05 Å². The Bertz CT molecular complexity index is 143. The molecule has 1 N–H and O–H groups in total. The Hall–Kier alpha value is -0.0551. The fourth-order valence-electron chi connectivity index (χ4n) is 1.75. The molecule has 1 aliphatic rings. The smallest absolute Gasteiger partial charge is 0.376 e. The van der Waals surface area contributed by atoms with E-state index in [9.17, 15) is 5.02 Å². The summed E-state index contributed by atoms with van der Waals surface area (Å²) < 4.78 is 0. The van der Waals surface area contributed by atoms with Gasteiger partial charge in [-0.3, -0.25) is 0 Å². The lowest BCUT2D eigenvalue weighted by Crippen LogP contribution is -2.55. The van der Waals surface area contributed by atoms with E-state index < -0.39 is 0 Å². The SMILES string of the molecule is CCC1CN(B(C)O)CCN1C. The number of hydrogen-bond donors (Lipinski definition) is 1. The van der Waals surface area contributed by atoms with Gasteiger partial charge in [0.15, 0.2) is 0 Å². The molecule has 0 radical (unpaired) electrons. The summed E-state index contributed by atoms with van der Waals surface area (Å²) in [6.45, 7) is 7.11. The van der Waals surface area contributed by atoms with Crippen molar-refractivity contribution in [2.75, 3.05) is 26.7 Å². The van der Waals surface area contributed by atoms with Gasteiger partial charge in [-0.2, -0.15) is 0 Å². The maximum absolute atomic E-state index is 9.38. The zero-order valence-electron chi connectivity index (χ0n) is 8.32. The molecule has 12 heavy (non-hydrogen) atoms. The summed E-state index contributed by atoms with van der Waals surface area (Å²) >= 11 is 0. The van der Waals surface area contributed by atoms with Crippen LogP contribution in [0.4, 0.5) is 0 Å². The largest absolute Gasteiger partial charge is 0.437 e. The van der Waals surface area contributed by atoms with Crippen LogP contribution < -0.4 is 0 Å². The van der Waals surface area contributed by atoms with E-state index in [2.05, 4.69) is 23.7 Å². The highest BCUT2D eigenvalue weighted by Gasteiger charge is 2.26. The minimum atomic E-state index is -0.284. The predicted molar refractivity (Wildman–Crippen MR) is 52.1 cm³/mol. The van der Waals surface area contributed by atoms with E-state index in [-0.39, 0.29) is 7.05 Å². The summed E-state index contributed by atoms with van der Waals surface area (Å²) in [6, 6.07) is 0.619. The fourth-order valence-corrected chi connectivity index (χ4v) is 1.75. The lowest BCUT2D eigenvalue weighted by Gasteiger charge is -2.39. The second kappa shape index (κ2) is 4.26. The third-order valence-electron chi connectivity index (χ3n) is 2.81. The Morgan fingerprint density at radius 3 is 2.67 bits per heavy atom. The van der Waals surface area contributed by atoms with Gasteiger partial charge in [0.05, 0.1) is 0 Å². The molecule has 1 atom stereocenters. The average Bonchev–Trinajstić information content (AvgIpc) is 2.05. The molecule has 1 saturated heterocycles.